The molecule has 0 atom stereocenters. The molecular weight excluding hydrogens is 246 g/mol. The number of aromatic nitrogens is 1. The largest absolute Gasteiger partial charge is 0.481 e. The van der Waals surface area contributed by atoms with Gasteiger partial charge in [0.2, 0.25) is 5.88 Å². The molecule has 1 aromatic rings. The molecular formula is C14H19NO4. The average molecular weight is 265 g/mol. The van der Waals surface area contributed by atoms with E-state index in [1.54, 1.807) is 18.3 Å². The number of pyridine rings is 1. The second-order valence-electron chi connectivity index (χ2n) is 4.77. The lowest BCUT2D eigenvalue weighted by Gasteiger charge is -2.21. The van der Waals surface area contributed by atoms with E-state index in [1.165, 1.54) is 0 Å². The lowest BCUT2D eigenvalue weighted by Crippen LogP contribution is -2.17. The van der Waals surface area contributed by atoms with Gasteiger partial charge < -0.3 is 14.6 Å². The number of aliphatic carboxylic acids is 1. The second-order valence-corrected chi connectivity index (χ2v) is 4.77. The van der Waals surface area contributed by atoms with Crippen molar-refractivity contribution in [2.75, 3.05) is 19.8 Å². The van der Waals surface area contributed by atoms with Crippen molar-refractivity contribution in [3.8, 4) is 5.88 Å². The quantitative estimate of drug-likeness (QED) is 0.850. The summed E-state index contributed by atoms with van der Waals surface area (Å²) in [5.41, 5.74) is 0.685. The van der Waals surface area contributed by atoms with E-state index in [0.29, 0.717) is 24.0 Å². The van der Waals surface area contributed by atoms with Gasteiger partial charge in [0.05, 0.1) is 13.0 Å². The van der Waals surface area contributed by atoms with E-state index in [-0.39, 0.29) is 6.42 Å². The third-order valence-corrected chi connectivity index (χ3v) is 3.27. The van der Waals surface area contributed by atoms with Crippen LogP contribution in [-0.4, -0.2) is 35.9 Å². The highest BCUT2D eigenvalue weighted by atomic mass is 16.5. The van der Waals surface area contributed by atoms with E-state index >= 15 is 0 Å². The molecule has 0 unspecified atom stereocenters. The molecule has 0 amide bonds. The minimum atomic E-state index is -0.852. The maximum atomic E-state index is 10.5. The van der Waals surface area contributed by atoms with Gasteiger partial charge in [0.15, 0.2) is 0 Å². The summed E-state index contributed by atoms with van der Waals surface area (Å²) in [6.07, 6.45) is 4.78. The van der Waals surface area contributed by atoms with Crippen molar-refractivity contribution in [1.29, 1.82) is 0 Å². The molecule has 1 fully saturated rings. The monoisotopic (exact) mass is 265 g/mol. The van der Waals surface area contributed by atoms with E-state index in [2.05, 4.69) is 4.98 Å². The van der Waals surface area contributed by atoms with Gasteiger partial charge in [-0.15, -0.1) is 0 Å². The van der Waals surface area contributed by atoms with Crippen LogP contribution in [0.25, 0.3) is 0 Å². The Bertz CT molecular complexity index is 398. The summed E-state index contributed by atoms with van der Waals surface area (Å²) in [5, 5.41) is 8.65. The molecule has 5 nitrogen and oxygen atoms in total. The maximum absolute atomic E-state index is 10.5. The van der Waals surface area contributed by atoms with E-state index in [9.17, 15) is 4.79 Å². The summed E-state index contributed by atoms with van der Waals surface area (Å²) in [5.74, 6) is 0.385. The van der Waals surface area contributed by atoms with Gasteiger partial charge in [0.25, 0.3) is 0 Å². The van der Waals surface area contributed by atoms with Crippen LogP contribution in [0, 0.1) is 5.92 Å². The molecule has 0 spiro atoms. The highest BCUT2D eigenvalue weighted by Gasteiger charge is 2.13. The third kappa shape index (κ3) is 4.87. The number of carboxylic acid groups (broad SMARTS) is 1. The average Bonchev–Trinajstić information content (AvgIpc) is 2.41. The first-order valence-electron chi connectivity index (χ1n) is 6.61. The summed E-state index contributed by atoms with van der Waals surface area (Å²) in [6, 6.07) is 3.47. The molecule has 2 heterocycles. The Morgan fingerprint density at radius 3 is 2.84 bits per heavy atom. The van der Waals surface area contributed by atoms with Crippen LogP contribution in [-0.2, 0) is 16.0 Å². The fourth-order valence-electron chi connectivity index (χ4n) is 2.14. The summed E-state index contributed by atoms with van der Waals surface area (Å²) in [6.45, 7) is 2.36. The van der Waals surface area contributed by atoms with Crippen LogP contribution < -0.4 is 4.74 Å². The molecule has 19 heavy (non-hydrogen) atoms. The molecule has 0 aromatic carbocycles. The molecule has 1 N–H and O–H groups in total. The minimum absolute atomic E-state index is 0.00461. The third-order valence-electron chi connectivity index (χ3n) is 3.27. The van der Waals surface area contributed by atoms with Crippen molar-refractivity contribution < 1.29 is 19.4 Å². The molecule has 0 radical (unpaired) electrons. The molecule has 1 aromatic heterocycles. The zero-order valence-electron chi connectivity index (χ0n) is 10.9. The van der Waals surface area contributed by atoms with Crippen molar-refractivity contribution in [1.82, 2.24) is 4.98 Å². The first-order valence-corrected chi connectivity index (χ1v) is 6.61. The van der Waals surface area contributed by atoms with Crippen LogP contribution in [0.4, 0.5) is 0 Å². The molecule has 104 valence electrons. The molecule has 0 bridgehead atoms. The lowest BCUT2D eigenvalue weighted by atomic mass is 9.97. The smallest absolute Gasteiger partial charge is 0.307 e. The van der Waals surface area contributed by atoms with Crippen LogP contribution in [0.3, 0.4) is 0 Å². The number of rotatable bonds is 6. The molecule has 2 rings (SSSR count). The minimum Gasteiger partial charge on any atom is -0.481 e. The van der Waals surface area contributed by atoms with Gasteiger partial charge in [-0.1, -0.05) is 6.07 Å². The predicted octanol–water partition coefficient (Wildman–Crippen LogP) is 1.90. The second kappa shape index (κ2) is 7.09. The Kier molecular flexibility index (Phi) is 5.15. The Morgan fingerprint density at radius 1 is 1.42 bits per heavy atom. The van der Waals surface area contributed by atoms with Gasteiger partial charge in [-0.25, -0.2) is 4.98 Å². The number of nitrogens with zero attached hydrogens (tertiary/aromatic N) is 1. The molecule has 1 aliphatic heterocycles. The van der Waals surface area contributed by atoms with Gasteiger partial charge in [-0.05, 0) is 30.7 Å². The van der Waals surface area contributed by atoms with Gasteiger partial charge in [-0.2, -0.15) is 0 Å². The summed E-state index contributed by atoms with van der Waals surface area (Å²) in [4.78, 5) is 14.6. The highest BCUT2D eigenvalue weighted by Crippen LogP contribution is 2.18. The van der Waals surface area contributed by atoms with Crippen LogP contribution in [0.1, 0.15) is 24.8 Å². The Hall–Kier alpha value is -1.62. The van der Waals surface area contributed by atoms with Gasteiger partial charge in [-0.3, -0.25) is 4.79 Å². The molecule has 0 aliphatic carbocycles. The van der Waals surface area contributed by atoms with Crippen molar-refractivity contribution >= 4 is 5.97 Å². The Labute approximate surface area is 112 Å². The van der Waals surface area contributed by atoms with Gasteiger partial charge >= 0.3 is 5.97 Å². The molecule has 5 heteroatoms. The van der Waals surface area contributed by atoms with Crippen LogP contribution in [0.15, 0.2) is 18.3 Å². The van der Waals surface area contributed by atoms with E-state index in [4.69, 9.17) is 14.6 Å². The fraction of sp³-hybridized carbons (Fsp3) is 0.571. The highest BCUT2D eigenvalue weighted by molar-refractivity contribution is 5.69. The number of ether oxygens (including phenoxy) is 2. The predicted molar refractivity (Wildman–Crippen MR) is 69.2 cm³/mol. The molecule has 1 aliphatic rings. The SMILES string of the molecule is O=C(O)Cc1ccc(OCCC2CCOCC2)nc1. The van der Waals surface area contributed by atoms with Crippen molar-refractivity contribution in [2.24, 2.45) is 5.92 Å². The normalized spacial score (nSPS) is 16.2. The Balaban J connectivity index is 1.71. The van der Waals surface area contributed by atoms with E-state index < -0.39 is 5.97 Å². The topological polar surface area (TPSA) is 68.7 Å². The zero-order valence-corrected chi connectivity index (χ0v) is 10.9. The van der Waals surface area contributed by atoms with Crippen LogP contribution in [0.5, 0.6) is 5.88 Å². The van der Waals surface area contributed by atoms with Gasteiger partial charge in [0, 0.05) is 25.5 Å². The lowest BCUT2D eigenvalue weighted by molar-refractivity contribution is -0.136. The van der Waals surface area contributed by atoms with Crippen LogP contribution >= 0.6 is 0 Å². The fourth-order valence-corrected chi connectivity index (χ4v) is 2.14. The van der Waals surface area contributed by atoms with Crippen molar-refractivity contribution in [2.45, 2.75) is 25.7 Å². The zero-order chi connectivity index (χ0) is 13.5. The van der Waals surface area contributed by atoms with Crippen molar-refractivity contribution in [3.63, 3.8) is 0 Å². The maximum Gasteiger partial charge on any atom is 0.307 e. The summed E-state index contributed by atoms with van der Waals surface area (Å²) >= 11 is 0. The van der Waals surface area contributed by atoms with Crippen molar-refractivity contribution in [3.05, 3.63) is 23.9 Å². The summed E-state index contributed by atoms with van der Waals surface area (Å²) < 4.78 is 10.9. The van der Waals surface area contributed by atoms with Gasteiger partial charge in [0.1, 0.15) is 0 Å². The molecule has 0 saturated carbocycles. The Morgan fingerprint density at radius 2 is 2.21 bits per heavy atom. The molecule has 1 saturated heterocycles. The first kappa shape index (κ1) is 13.8. The number of hydrogen-bond donors (Lipinski definition) is 1. The van der Waals surface area contributed by atoms with E-state index in [0.717, 1.165) is 32.5 Å². The standard InChI is InChI=1S/C14H19NO4/c16-14(17)9-12-1-2-13(15-10-12)19-8-5-11-3-6-18-7-4-11/h1-2,10-11H,3-9H2,(H,16,17). The number of carboxylic acids is 1. The number of carbonyl (C=O) groups is 1. The summed E-state index contributed by atoms with van der Waals surface area (Å²) in [7, 11) is 0. The van der Waals surface area contributed by atoms with Crippen LogP contribution in [0.2, 0.25) is 0 Å². The number of hydrogen-bond acceptors (Lipinski definition) is 4. The first-order chi connectivity index (χ1) is 9.24. The van der Waals surface area contributed by atoms with E-state index in [1.807, 2.05) is 0 Å².